The van der Waals surface area contributed by atoms with Gasteiger partial charge in [-0.15, -0.1) is 10.2 Å². The first kappa shape index (κ1) is 11.7. The van der Waals surface area contributed by atoms with Crippen LogP contribution in [0.5, 0.6) is 0 Å². The van der Waals surface area contributed by atoms with Gasteiger partial charge in [0.05, 0.1) is 0 Å². The lowest BCUT2D eigenvalue weighted by Gasteiger charge is -2.13. The Bertz CT molecular complexity index is 537. The lowest BCUT2D eigenvalue weighted by Crippen LogP contribution is -2.28. The van der Waals surface area contributed by atoms with Crippen LogP contribution in [0.3, 0.4) is 0 Å². The second-order valence-electron chi connectivity index (χ2n) is 4.08. The molecule has 0 saturated carbocycles. The highest BCUT2D eigenvalue weighted by Crippen LogP contribution is 2.30. The summed E-state index contributed by atoms with van der Waals surface area (Å²) in [6.45, 7) is 3.23. The summed E-state index contributed by atoms with van der Waals surface area (Å²) in [5.74, 6) is -0.911. The van der Waals surface area contributed by atoms with E-state index < -0.39 is 11.4 Å². The monoisotopic (exact) mass is 249 g/mol. The third kappa shape index (κ3) is 2.16. The topological polar surface area (TPSA) is 76.0 Å². The van der Waals surface area contributed by atoms with E-state index in [1.807, 2.05) is 6.07 Å². The van der Waals surface area contributed by atoms with Crippen molar-refractivity contribution in [2.75, 3.05) is 0 Å². The number of rotatable bonds is 3. The Morgan fingerprint density at radius 3 is 2.76 bits per heavy atom. The van der Waals surface area contributed by atoms with E-state index in [1.165, 1.54) is 11.3 Å². The average Bonchev–Trinajstić information content (AvgIpc) is 2.80. The minimum atomic E-state index is -1.02. The van der Waals surface area contributed by atoms with Crippen LogP contribution in [0.25, 0.3) is 10.6 Å². The first-order valence-corrected chi connectivity index (χ1v) is 5.81. The number of aliphatic carboxylic acids is 1. The molecule has 2 rings (SSSR count). The zero-order valence-corrected chi connectivity index (χ0v) is 10.2. The van der Waals surface area contributed by atoms with Crippen LogP contribution in [0.15, 0.2) is 24.5 Å². The molecular formula is C11H11N3O2S. The van der Waals surface area contributed by atoms with Crippen molar-refractivity contribution in [1.82, 2.24) is 15.2 Å². The molecule has 0 aliphatic heterocycles. The lowest BCUT2D eigenvalue weighted by molar-refractivity contribution is -0.142. The fraction of sp³-hybridized carbons (Fsp3) is 0.273. The number of nitrogens with zero attached hydrogens (tertiary/aromatic N) is 3. The van der Waals surface area contributed by atoms with Gasteiger partial charge in [-0.3, -0.25) is 9.78 Å². The van der Waals surface area contributed by atoms with Crippen molar-refractivity contribution < 1.29 is 9.90 Å². The molecule has 2 aromatic rings. The number of carboxylic acids is 1. The highest BCUT2D eigenvalue weighted by Gasteiger charge is 2.33. The van der Waals surface area contributed by atoms with E-state index in [9.17, 15) is 4.79 Å². The van der Waals surface area contributed by atoms with Crippen LogP contribution in [0, 0.1) is 0 Å². The van der Waals surface area contributed by atoms with E-state index in [2.05, 4.69) is 15.2 Å². The van der Waals surface area contributed by atoms with Gasteiger partial charge >= 0.3 is 5.97 Å². The van der Waals surface area contributed by atoms with Gasteiger partial charge in [-0.2, -0.15) is 0 Å². The Morgan fingerprint density at radius 1 is 1.41 bits per heavy atom. The average molecular weight is 249 g/mol. The molecule has 5 nitrogen and oxygen atoms in total. The first-order valence-electron chi connectivity index (χ1n) is 4.99. The van der Waals surface area contributed by atoms with Crippen molar-refractivity contribution in [1.29, 1.82) is 0 Å². The van der Waals surface area contributed by atoms with Crippen molar-refractivity contribution in [2.45, 2.75) is 19.3 Å². The van der Waals surface area contributed by atoms with E-state index in [0.717, 1.165) is 5.56 Å². The molecule has 0 amide bonds. The van der Waals surface area contributed by atoms with Crippen molar-refractivity contribution in [3.05, 3.63) is 29.5 Å². The van der Waals surface area contributed by atoms with Gasteiger partial charge in [0, 0.05) is 18.0 Å². The summed E-state index contributed by atoms with van der Waals surface area (Å²) < 4.78 is 0. The zero-order valence-electron chi connectivity index (χ0n) is 9.41. The van der Waals surface area contributed by atoms with Gasteiger partial charge in [0.2, 0.25) is 0 Å². The molecule has 0 aromatic carbocycles. The highest BCUT2D eigenvalue weighted by atomic mass is 32.1. The molecule has 1 N–H and O–H groups in total. The number of pyridine rings is 1. The van der Waals surface area contributed by atoms with E-state index in [0.29, 0.717) is 10.0 Å². The van der Waals surface area contributed by atoms with Gasteiger partial charge in [0.1, 0.15) is 15.4 Å². The fourth-order valence-electron chi connectivity index (χ4n) is 1.17. The number of aromatic nitrogens is 3. The molecule has 2 heterocycles. The maximum Gasteiger partial charge on any atom is 0.316 e. The summed E-state index contributed by atoms with van der Waals surface area (Å²) in [5, 5.41) is 18.2. The van der Waals surface area contributed by atoms with Crippen LogP contribution in [0.1, 0.15) is 18.9 Å². The van der Waals surface area contributed by atoms with E-state index in [1.54, 1.807) is 32.3 Å². The zero-order chi connectivity index (χ0) is 12.5. The molecule has 0 bridgehead atoms. The summed E-state index contributed by atoms with van der Waals surface area (Å²) in [5.41, 5.74) is -0.171. The molecule has 2 aromatic heterocycles. The predicted molar refractivity (Wildman–Crippen MR) is 63.8 cm³/mol. The molecule has 0 aliphatic rings. The number of hydrogen-bond donors (Lipinski definition) is 1. The quantitative estimate of drug-likeness (QED) is 0.899. The molecular weight excluding hydrogens is 238 g/mol. The largest absolute Gasteiger partial charge is 0.481 e. The Morgan fingerprint density at radius 2 is 2.18 bits per heavy atom. The van der Waals surface area contributed by atoms with Crippen molar-refractivity contribution >= 4 is 17.3 Å². The smallest absolute Gasteiger partial charge is 0.316 e. The van der Waals surface area contributed by atoms with Crippen LogP contribution in [-0.2, 0) is 10.2 Å². The maximum atomic E-state index is 11.1. The number of carboxylic acid groups (broad SMARTS) is 1. The molecule has 0 radical (unpaired) electrons. The second-order valence-corrected chi connectivity index (χ2v) is 5.06. The number of carbonyl (C=O) groups is 1. The minimum absolute atomic E-state index is 0.490. The molecule has 0 spiro atoms. The lowest BCUT2D eigenvalue weighted by atomic mass is 9.95. The van der Waals surface area contributed by atoms with Crippen LogP contribution >= 0.6 is 11.3 Å². The Hall–Kier alpha value is -1.82. The molecule has 17 heavy (non-hydrogen) atoms. The van der Waals surface area contributed by atoms with Gasteiger partial charge in [-0.25, -0.2) is 0 Å². The minimum Gasteiger partial charge on any atom is -0.481 e. The third-order valence-corrected chi connectivity index (χ3v) is 3.70. The molecule has 0 fully saturated rings. The van der Waals surface area contributed by atoms with E-state index >= 15 is 0 Å². The highest BCUT2D eigenvalue weighted by molar-refractivity contribution is 7.14. The second kappa shape index (κ2) is 4.21. The van der Waals surface area contributed by atoms with Gasteiger partial charge < -0.3 is 5.11 Å². The molecule has 0 atom stereocenters. The van der Waals surface area contributed by atoms with E-state index in [4.69, 9.17) is 5.11 Å². The fourth-order valence-corrected chi connectivity index (χ4v) is 2.10. The predicted octanol–water partition coefficient (Wildman–Crippen LogP) is 1.96. The van der Waals surface area contributed by atoms with Gasteiger partial charge in [0.25, 0.3) is 0 Å². The Labute approximate surface area is 102 Å². The molecule has 0 aliphatic carbocycles. The molecule has 88 valence electrons. The van der Waals surface area contributed by atoms with Crippen molar-refractivity contribution in [3.63, 3.8) is 0 Å². The summed E-state index contributed by atoms with van der Waals surface area (Å²) in [7, 11) is 0. The number of hydrogen-bond acceptors (Lipinski definition) is 5. The summed E-state index contributed by atoms with van der Waals surface area (Å²) in [6, 6.07) is 3.67. The maximum absolute atomic E-state index is 11.1. The third-order valence-electron chi connectivity index (χ3n) is 2.40. The van der Waals surface area contributed by atoms with Gasteiger partial charge in [-0.05, 0) is 26.0 Å². The van der Waals surface area contributed by atoms with Crippen LogP contribution in [0.4, 0.5) is 0 Å². The van der Waals surface area contributed by atoms with Crippen molar-refractivity contribution in [3.8, 4) is 10.6 Å². The normalized spacial score (nSPS) is 11.4. The Kier molecular flexibility index (Phi) is 2.89. The molecule has 0 saturated heterocycles. The van der Waals surface area contributed by atoms with Crippen LogP contribution in [-0.4, -0.2) is 26.3 Å². The van der Waals surface area contributed by atoms with Crippen molar-refractivity contribution in [2.24, 2.45) is 0 Å². The van der Waals surface area contributed by atoms with Gasteiger partial charge in [0.15, 0.2) is 0 Å². The van der Waals surface area contributed by atoms with Crippen LogP contribution < -0.4 is 0 Å². The first-order chi connectivity index (χ1) is 8.01. The standard InChI is InChI=1S/C11H11N3O2S/c1-11(2,10(15)16)9-14-13-8(17-9)7-4-3-5-12-6-7/h3-6H,1-2H3,(H,15,16). The van der Waals surface area contributed by atoms with Gasteiger partial charge in [-0.1, -0.05) is 11.3 Å². The molecule has 0 unspecified atom stereocenters. The summed E-state index contributed by atoms with van der Waals surface area (Å²) in [4.78, 5) is 15.1. The van der Waals surface area contributed by atoms with Crippen LogP contribution in [0.2, 0.25) is 0 Å². The summed E-state index contributed by atoms with van der Waals surface area (Å²) in [6.07, 6.45) is 3.35. The SMILES string of the molecule is CC(C)(C(=O)O)c1nnc(-c2cccnc2)s1. The van der Waals surface area contributed by atoms with E-state index in [-0.39, 0.29) is 0 Å². The summed E-state index contributed by atoms with van der Waals surface area (Å²) >= 11 is 1.28. The molecule has 6 heteroatoms. The Balaban J connectivity index is 2.38.